The van der Waals surface area contributed by atoms with E-state index in [0.717, 1.165) is 11.5 Å². The molecule has 1 aromatic rings. The molecule has 4 nitrogen and oxygen atoms in total. The van der Waals surface area contributed by atoms with Crippen LogP contribution in [0.1, 0.15) is 44.2 Å². The Kier molecular flexibility index (Phi) is 3.49. The van der Waals surface area contributed by atoms with Gasteiger partial charge in [-0.05, 0) is 31.9 Å². The van der Waals surface area contributed by atoms with Gasteiger partial charge in [0.15, 0.2) is 0 Å². The van der Waals surface area contributed by atoms with Crippen molar-refractivity contribution < 1.29 is 4.79 Å². The van der Waals surface area contributed by atoms with Crippen LogP contribution < -0.4 is 5.32 Å². The summed E-state index contributed by atoms with van der Waals surface area (Å²) in [4.78, 5) is 10.7. The lowest BCUT2D eigenvalue weighted by Crippen LogP contribution is -2.12. The Hall–Kier alpha value is -1.45. The summed E-state index contributed by atoms with van der Waals surface area (Å²) in [7, 11) is 0. The molecule has 0 radical (unpaired) electrons. The molecule has 0 atom stereocenters. The third-order valence-corrected chi connectivity index (χ3v) is 2.99. The number of ketones is 1. The maximum absolute atomic E-state index is 10.7. The van der Waals surface area contributed by atoms with E-state index in [0.29, 0.717) is 18.9 Å². The summed E-state index contributed by atoms with van der Waals surface area (Å²) in [5.41, 5.74) is 1.10. The first-order valence-electron chi connectivity index (χ1n) is 5.82. The van der Waals surface area contributed by atoms with Gasteiger partial charge in [0.2, 0.25) is 0 Å². The zero-order chi connectivity index (χ0) is 11.4. The molecule has 0 spiro atoms. The van der Waals surface area contributed by atoms with E-state index in [1.165, 1.54) is 19.3 Å². The van der Waals surface area contributed by atoms with Crippen molar-refractivity contribution in [2.45, 2.75) is 38.5 Å². The van der Waals surface area contributed by atoms with Crippen LogP contribution >= 0.6 is 0 Å². The fraction of sp³-hybridized carbons (Fsp3) is 0.583. The molecule has 1 N–H and O–H groups in total. The Morgan fingerprint density at radius 2 is 2.25 bits per heavy atom. The Balaban J connectivity index is 1.84. The zero-order valence-electron chi connectivity index (χ0n) is 9.57. The molecule has 1 aromatic heterocycles. The van der Waals surface area contributed by atoms with Gasteiger partial charge in [-0.15, -0.1) is 5.10 Å². The predicted molar refractivity (Wildman–Crippen MR) is 62.4 cm³/mol. The van der Waals surface area contributed by atoms with Crippen molar-refractivity contribution in [3.63, 3.8) is 0 Å². The fourth-order valence-corrected chi connectivity index (χ4v) is 1.73. The van der Waals surface area contributed by atoms with Gasteiger partial charge in [-0.2, -0.15) is 5.10 Å². The minimum absolute atomic E-state index is 0.187. The number of anilines is 1. The number of hydrogen-bond donors (Lipinski definition) is 1. The number of carbonyl (C=O) groups is 1. The smallest absolute Gasteiger partial charge is 0.148 e. The molecule has 0 aliphatic heterocycles. The van der Waals surface area contributed by atoms with Gasteiger partial charge in [0.05, 0.1) is 5.69 Å². The predicted octanol–water partition coefficient (Wildman–Crippen LogP) is 2.14. The van der Waals surface area contributed by atoms with Crippen LogP contribution in [0, 0.1) is 0 Å². The van der Waals surface area contributed by atoms with Gasteiger partial charge >= 0.3 is 0 Å². The first-order valence-corrected chi connectivity index (χ1v) is 5.82. The lowest BCUT2D eigenvalue weighted by molar-refractivity contribution is -0.116. The molecule has 0 aromatic carbocycles. The van der Waals surface area contributed by atoms with Crippen LogP contribution in [0.25, 0.3) is 0 Å². The monoisotopic (exact) mass is 219 g/mol. The number of rotatable bonds is 5. The van der Waals surface area contributed by atoms with Gasteiger partial charge in [0.25, 0.3) is 0 Å². The van der Waals surface area contributed by atoms with Crippen LogP contribution in [0.5, 0.6) is 0 Å². The van der Waals surface area contributed by atoms with Crippen molar-refractivity contribution in [3.8, 4) is 0 Å². The van der Waals surface area contributed by atoms with Gasteiger partial charge in [-0.25, -0.2) is 0 Å². The Morgan fingerprint density at radius 1 is 1.44 bits per heavy atom. The van der Waals surface area contributed by atoms with Crippen molar-refractivity contribution >= 4 is 11.6 Å². The highest BCUT2D eigenvalue weighted by atomic mass is 16.1. The second kappa shape index (κ2) is 5.05. The Morgan fingerprint density at radius 3 is 2.75 bits per heavy atom. The molecule has 0 amide bonds. The van der Waals surface area contributed by atoms with Gasteiger partial charge < -0.3 is 5.32 Å². The van der Waals surface area contributed by atoms with Crippen molar-refractivity contribution in [3.05, 3.63) is 17.8 Å². The molecular formula is C12H17N3O. The minimum atomic E-state index is 0.187. The molecule has 1 saturated carbocycles. The van der Waals surface area contributed by atoms with E-state index >= 15 is 0 Å². The fourth-order valence-electron chi connectivity index (χ4n) is 1.73. The lowest BCUT2D eigenvalue weighted by Gasteiger charge is -2.24. The molecule has 0 saturated heterocycles. The summed E-state index contributed by atoms with van der Waals surface area (Å²) >= 11 is 0. The highest BCUT2D eigenvalue weighted by Gasteiger charge is 2.20. The van der Waals surface area contributed by atoms with Gasteiger partial charge in [0, 0.05) is 18.9 Å². The van der Waals surface area contributed by atoms with Crippen LogP contribution in [0.15, 0.2) is 12.1 Å². The van der Waals surface area contributed by atoms with Crippen LogP contribution in [0.2, 0.25) is 0 Å². The summed E-state index contributed by atoms with van der Waals surface area (Å²) in [6.07, 6.45) is 4.33. The summed E-state index contributed by atoms with van der Waals surface area (Å²) in [6.45, 7) is 2.22. The summed E-state index contributed by atoms with van der Waals surface area (Å²) in [5, 5.41) is 11.4. The Labute approximate surface area is 95.5 Å². The maximum Gasteiger partial charge on any atom is 0.148 e. The average molecular weight is 219 g/mol. The Bertz CT molecular complexity index is 357. The summed E-state index contributed by atoms with van der Waals surface area (Å²) in [6, 6.07) is 3.98. The van der Waals surface area contributed by atoms with Crippen molar-refractivity contribution in [1.82, 2.24) is 10.2 Å². The first kappa shape index (κ1) is 11.0. The molecule has 0 unspecified atom stereocenters. The second-order valence-electron chi connectivity index (χ2n) is 4.35. The standard InChI is InChI=1S/C12H17N3O/c1-9(16)7-8-13-12-6-5-11(14-15-12)10-3-2-4-10/h5-6,10H,2-4,7-8H2,1H3,(H,13,15). The number of carbonyl (C=O) groups excluding carboxylic acids is 1. The van der Waals surface area contributed by atoms with Crippen molar-refractivity contribution in [2.75, 3.05) is 11.9 Å². The third-order valence-electron chi connectivity index (χ3n) is 2.99. The van der Waals surface area contributed by atoms with Crippen LogP contribution in [-0.4, -0.2) is 22.5 Å². The highest BCUT2D eigenvalue weighted by molar-refractivity contribution is 5.75. The van der Waals surface area contributed by atoms with Crippen molar-refractivity contribution in [2.24, 2.45) is 0 Å². The first-order chi connectivity index (χ1) is 7.75. The molecule has 4 heteroatoms. The molecule has 16 heavy (non-hydrogen) atoms. The number of nitrogens with zero attached hydrogens (tertiary/aromatic N) is 2. The van der Waals surface area contributed by atoms with E-state index < -0.39 is 0 Å². The van der Waals surface area contributed by atoms with E-state index in [1.54, 1.807) is 6.92 Å². The average Bonchev–Trinajstić information content (AvgIpc) is 2.17. The molecule has 2 rings (SSSR count). The normalized spacial score (nSPS) is 15.6. The van der Waals surface area contributed by atoms with E-state index in [-0.39, 0.29) is 5.78 Å². The number of nitrogens with one attached hydrogen (secondary N) is 1. The summed E-state index contributed by atoms with van der Waals surface area (Å²) in [5.74, 6) is 1.56. The molecular weight excluding hydrogens is 202 g/mol. The van der Waals surface area contributed by atoms with E-state index in [9.17, 15) is 4.79 Å². The number of Topliss-reactive ketones (excluding diaryl/α,β-unsaturated/α-hetero) is 1. The zero-order valence-corrected chi connectivity index (χ0v) is 9.57. The van der Waals surface area contributed by atoms with Gasteiger partial charge in [0.1, 0.15) is 11.6 Å². The maximum atomic E-state index is 10.7. The van der Waals surface area contributed by atoms with E-state index in [1.807, 2.05) is 12.1 Å². The summed E-state index contributed by atoms with van der Waals surface area (Å²) < 4.78 is 0. The molecule has 1 aliphatic carbocycles. The third kappa shape index (κ3) is 2.78. The van der Waals surface area contributed by atoms with Gasteiger partial charge in [-0.1, -0.05) is 6.42 Å². The topological polar surface area (TPSA) is 54.9 Å². The van der Waals surface area contributed by atoms with Crippen molar-refractivity contribution in [1.29, 1.82) is 0 Å². The number of hydrogen-bond acceptors (Lipinski definition) is 4. The van der Waals surface area contributed by atoms with Crippen LogP contribution in [0.4, 0.5) is 5.82 Å². The molecule has 86 valence electrons. The SMILES string of the molecule is CC(=O)CCNc1ccc(C2CCC2)nn1. The van der Waals surface area contributed by atoms with Crippen LogP contribution in [-0.2, 0) is 4.79 Å². The lowest BCUT2D eigenvalue weighted by atomic mass is 9.83. The van der Waals surface area contributed by atoms with Crippen LogP contribution in [0.3, 0.4) is 0 Å². The van der Waals surface area contributed by atoms with Gasteiger partial charge in [-0.3, -0.25) is 4.79 Å². The molecule has 1 fully saturated rings. The van der Waals surface area contributed by atoms with E-state index in [2.05, 4.69) is 15.5 Å². The quantitative estimate of drug-likeness (QED) is 0.824. The number of aromatic nitrogens is 2. The molecule has 1 aliphatic rings. The molecule has 1 heterocycles. The second-order valence-corrected chi connectivity index (χ2v) is 4.35. The minimum Gasteiger partial charge on any atom is -0.368 e. The molecule has 0 bridgehead atoms. The largest absolute Gasteiger partial charge is 0.368 e. The van der Waals surface area contributed by atoms with E-state index in [4.69, 9.17) is 0 Å². The highest BCUT2D eigenvalue weighted by Crippen LogP contribution is 2.34.